The van der Waals surface area contributed by atoms with E-state index in [4.69, 9.17) is 4.74 Å². The summed E-state index contributed by atoms with van der Waals surface area (Å²) in [4.78, 5) is 40.6. The number of aromatic amines is 1. The van der Waals surface area contributed by atoms with Gasteiger partial charge >= 0.3 is 11.5 Å². The zero-order chi connectivity index (χ0) is 22.6. The van der Waals surface area contributed by atoms with Crippen molar-refractivity contribution >= 4 is 29.3 Å². The summed E-state index contributed by atoms with van der Waals surface area (Å²) in [7, 11) is 0. The molecule has 1 heterocycles. The first-order valence-electron chi connectivity index (χ1n) is 8.70. The number of ether oxygens (including phenoxy) is 1. The number of alkyl halides is 3. The Balaban J connectivity index is 2.37. The monoisotopic (exact) mass is 438 g/mol. The van der Waals surface area contributed by atoms with Crippen LogP contribution in [0.25, 0.3) is 0 Å². The van der Waals surface area contributed by atoms with Crippen LogP contribution < -0.4 is 0 Å². The minimum absolute atomic E-state index is 0.0516. The van der Waals surface area contributed by atoms with Crippen molar-refractivity contribution in [1.82, 2.24) is 4.98 Å². The van der Waals surface area contributed by atoms with Crippen LogP contribution in [0, 0.1) is 31.1 Å². The predicted molar refractivity (Wildman–Crippen MR) is 102 cm³/mol. The summed E-state index contributed by atoms with van der Waals surface area (Å²) in [5, 5.41) is 9.46. The van der Waals surface area contributed by atoms with E-state index in [9.17, 15) is 32.8 Å². The van der Waals surface area contributed by atoms with Crippen LogP contribution in [0.2, 0.25) is 0 Å². The van der Waals surface area contributed by atoms with Gasteiger partial charge in [0.15, 0.2) is 17.5 Å². The van der Waals surface area contributed by atoms with Gasteiger partial charge < -0.3 is 9.72 Å². The lowest BCUT2D eigenvalue weighted by molar-refractivity contribution is -0.0328. The van der Waals surface area contributed by atoms with E-state index in [1.165, 1.54) is 6.92 Å². The molecule has 1 aromatic heterocycles. The number of Topliss-reactive ketones (excluding diaryl/α,β-unsaturated/α-hetero) is 2. The van der Waals surface area contributed by atoms with Crippen LogP contribution in [-0.2, 0) is 4.74 Å². The Bertz CT molecular complexity index is 1020. The Labute approximate surface area is 174 Å². The number of benzene rings is 1. The molecule has 0 aliphatic carbocycles. The van der Waals surface area contributed by atoms with Crippen LogP contribution in [-0.4, -0.2) is 34.6 Å². The normalized spacial score (nSPS) is 12.2. The molecule has 6 nitrogen and oxygen atoms in total. The lowest BCUT2D eigenvalue weighted by atomic mass is 9.89. The molecule has 158 valence electrons. The largest absolute Gasteiger partial charge is 0.462 e. The Morgan fingerprint density at radius 1 is 1.10 bits per heavy atom. The third-order valence-corrected chi connectivity index (χ3v) is 4.87. The van der Waals surface area contributed by atoms with E-state index in [2.05, 4.69) is 4.98 Å². The predicted octanol–water partition coefficient (Wildman–Crippen LogP) is 4.63. The van der Waals surface area contributed by atoms with Crippen LogP contribution in [0.15, 0.2) is 29.2 Å². The molecule has 0 radical (unpaired) electrons. The maximum Gasteiger partial charge on any atom is 0.446 e. The van der Waals surface area contributed by atoms with Gasteiger partial charge in [0.25, 0.3) is 0 Å². The second-order valence-electron chi connectivity index (χ2n) is 6.21. The number of nitrogens with one attached hydrogen (secondary N) is 1. The van der Waals surface area contributed by atoms with E-state index in [-0.39, 0.29) is 40.0 Å². The van der Waals surface area contributed by atoms with E-state index in [1.807, 2.05) is 0 Å². The molecule has 1 aromatic carbocycles. The van der Waals surface area contributed by atoms with E-state index in [1.54, 1.807) is 19.9 Å². The van der Waals surface area contributed by atoms with Crippen molar-refractivity contribution in [3.8, 4) is 6.07 Å². The lowest BCUT2D eigenvalue weighted by Crippen LogP contribution is -2.25. The van der Waals surface area contributed by atoms with Gasteiger partial charge in [-0.15, -0.1) is 0 Å². The summed E-state index contributed by atoms with van der Waals surface area (Å²) in [6.45, 7) is 4.73. The van der Waals surface area contributed by atoms with Gasteiger partial charge in [0.1, 0.15) is 0 Å². The maximum absolute atomic E-state index is 13.0. The SMILES string of the molecule is CCOC(=O)c1c(C)[nH]c(C)c1C(=O)C(C#N)C(=O)c1ccc(SC(F)(F)F)cc1. The molecule has 0 amide bonds. The fourth-order valence-corrected chi connectivity index (χ4v) is 3.46. The van der Waals surface area contributed by atoms with Gasteiger partial charge in [-0.05, 0) is 44.7 Å². The number of esters is 1. The highest BCUT2D eigenvalue weighted by Gasteiger charge is 2.35. The summed E-state index contributed by atoms with van der Waals surface area (Å²) in [6, 6.07) is 6.04. The van der Waals surface area contributed by atoms with Crippen molar-refractivity contribution in [3.63, 3.8) is 0 Å². The number of nitriles is 1. The van der Waals surface area contributed by atoms with Crippen molar-refractivity contribution in [1.29, 1.82) is 5.26 Å². The fourth-order valence-electron chi connectivity index (χ4n) is 2.92. The molecule has 0 saturated carbocycles. The van der Waals surface area contributed by atoms with Crippen molar-refractivity contribution in [2.24, 2.45) is 5.92 Å². The van der Waals surface area contributed by atoms with Crippen molar-refractivity contribution in [3.05, 3.63) is 52.3 Å². The first-order chi connectivity index (χ1) is 14.0. The van der Waals surface area contributed by atoms with Crippen molar-refractivity contribution in [2.45, 2.75) is 31.2 Å². The Hall–Kier alpha value is -3.06. The number of ketones is 2. The van der Waals surface area contributed by atoms with Crippen LogP contribution in [0.5, 0.6) is 0 Å². The number of aryl methyl sites for hydroxylation is 2. The number of hydrogen-bond donors (Lipinski definition) is 1. The quantitative estimate of drug-likeness (QED) is 0.293. The molecule has 2 aromatic rings. The number of halogens is 3. The van der Waals surface area contributed by atoms with Gasteiger partial charge in [-0.1, -0.05) is 12.1 Å². The summed E-state index contributed by atoms with van der Waals surface area (Å²) < 4.78 is 42.3. The second-order valence-corrected chi connectivity index (χ2v) is 7.35. The number of carbonyl (C=O) groups is 3. The number of rotatable bonds is 7. The summed E-state index contributed by atoms with van der Waals surface area (Å²) in [5.41, 5.74) is -4.09. The second kappa shape index (κ2) is 9.17. The average Bonchev–Trinajstić information content (AvgIpc) is 2.95. The average molecular weight is 438 g/mol. The van der Waals surface area contributed by atoms with E-state index in [0.29, 0.717) is 11.4 Å². The van der Waals surface area contributed by atoms with Gasteiger partial charge in [-0.3, -0.25) is 9.59 Å². The molecular formula is C20H17F3N2O4S. The van der Waals surface area contributed by atoms with Crippen LogP contribution in [0.4, 0.5) is 13.2 Å². The van der Waals surface area contributed by atoms with E-state index in [0.717, 1.165) is 24.3 Å². The minimum atomic E-state index is -4.48. The third-order valence-electron chi connectivity index (χ3n) is 4.13. The molecule has 1 N–H and O–H groups in total. The first kappa shape index (κ1) is 23.2. The number of carbonyl (C=O) groups excluding carboxylic acids is 3. The number of thioether (sulfide) groups is 1. The molecule has 1 atom stereocenters. The molecule has 0 fully saturated rings. The van der Waals surface area contributed by atoms with Crippen LogP contribution in [0.1, 0.15) is 49.4 Å². The highest BCUT2D eigenvalue weighted by atomic mass is 32.2. The molecular weight excluding hydrogens is 421 g/mol. The first-order valence-corrected chi connectivity index (χ1v) is 9.51. The van der Waals surface area contributed by atoms with Crippen LogP contribution in [0.3, 0.4) is 0 Å². The van der Waals surface area contributed by atoms with Crippen molar-refractivity contribution < 1.29 is 32.3 Å². The molecule has 0 bridgehead atoms. The highest BCUT2D eigenvalue weighted by Crippen LogP contribution is 2.37. The van der Waals surface area contributed by atoms with Gasteiger partial charge in [0, 0.05) is 21.8 Å². The highest BCUT2D eigenvalue weighted by molar-refractivity contribution is 8.00. The topological polar surface area (TPSA) is 100 Å². The van der Waals surface area contributed by atoms with Gasteiger partial charge in [0.05, 0.1) is 23.8 Å². The zero-order valence-corrected chi connectivity index (χ0v) is 17.0. The molecule has 0 saturated heterocycles. The van der Waals surface area contributed by atoms with Gasteiger partial charge in [0.2, 0.25) is 0 Å². The molecule has 2 rings (SSSR count). The summed E-state index contributed by atoms with van der Waals surface area (Å²) in [6.07, 6.45) is 0. The minimum Gasteiger partial charge on any atom is -0.462 e. The van der Waals surface area contributed by atoms with Crippen LogP contribution >= 0.6 is 11.8 Å². The molecule has 10 heteroatoms. The maximum atomic E-state index is 13.0. The molecule has 0 spiro atoms. The molecule has 0 aliphatic heterocycles. The standard InChI is InChI=1S/C20H17F3N2O4S/c1-4-29-19(28)16-11(3)25-10(2)15(16)18(27)14(9-24)17(26)12-5-7-13(8-6-12)30-20(21,22)23/h5-8,14,25H,4H2,1-3H3. The summed E-state index contributed by atoms with van der Waals surface area (Å²) >= 11 is -0.346. The van der Waals surface area contributed by atoms with E-state index < -0.39 is 29.0 Å². The third kappa shape index (κ3) is 5.10. The molecule has 1 unspecified atom stereocenters. The van der Waals surface area contributed by atoms with E-state index >= 15 is 0 Å². The number of nitrogens with zero attached hydrogens (tertiary/aromatic N) is 1. The summed E-state index contributed by atoms with van der Waals surface area (Å²) in [5.74, 6) is -4.30. The fraction of sp³-hybridized carbons (Fsp3) is 0.300. The lowest BCUT2D eigenvalue weighted by Gasteiger charge is -2.11. The van der Waals surface area contributed by atoms with Gasteiger partial charge in [-0.25, -0.2) is 4.79 Å². The van der Waals surface area contributed by atoms with Crippen molar-refractivity contribution in [2.75, 3.05) is 6.61 Å². The molecule has 30 heavy (non-hydrogen) atoms. The Morgan fingerprint density at radius 2 is 1.67 bits per heavy atom. The smallest absolute Gasteiger partial charge is 0.446 e. The molecule has 0 aliphatic rings. The Morgan fingerprint density at radius 3 is 2.17 bits per heavy atom. The number of aromatic nitrogens is 1. The van der Waals surface area contributed by atoms with Gasteiger partial charge in [-0.2, -0.15) is 18.4 Å². The Kier molecular flexibility index (Phi) is 7.10. The zero-order valence-electron chi connectivity index (χ0n) is 16.2. The number of hydrogen-bond acceptors (Lipinski definition) is 6. The number of H-pyrrole nitrogens is 1.